The Labute approximate surface area is 159 Å². The standard InChI is InChI=1S/C18H17ClF2N2O4/c1-26-15-8-12(4-7-14(15)27-18(20)21)17(25)23-10-16(24)22-9-11-2-5-13(19)6-3-11/h2-8,18H,9-10H2,1H3,(H,22,24)(H,23,25). The number of carbonyl (C=O) groups is 2. The van der Waals surface area contributed by atoms with E-state index < -0.39 is 12.5 Å². The van der Waals surface area contributed by atoms with Crippen LogP contribution in [0.15, 0.2) is 42.5 Å². The lowest BCUT2D eigenvalue weighted by atomic mass is 10.2. The summed E-state index contributed by atoms with van der Waals surface area (Å²) in [7, 11) is 1.26. The summed E-state index contributed by atoms with van der Waals surface area (Å²) in [6.07, 6.45) is 0. The van der Waals surface area contributed by atoms with Gasteiger partial charge in [-0.1, -0.05) is 23.7 Å². The highest BCUT2D eigenvalue weighted by atomic mass is 35.5. The van der Waals surface area contributed by atoms with Crippen molar-refractivity contribution in [1.82, 2.24) is 10.6 Å². The molecule has 27 heavy (non-hydrogen) atoms. The molecule has 9 heteroatoms. The van der Waals surface area contributed by atoms with Crippen LogP contribution in [-0.4, -0.2) is 32.1 Å². The summed E-state index contributed by atoms with van der Waals surface area (Å²) in [5, 5.41) is 5.69. The normalized spacial score (nSPS) is 10.4. The monoisotopic (exact) mass is 398 g/mol. The van der Waals surface area contributed by atoms with E-state index in [9.17, 15) is 18.4 Å². The molecule has 144 valence electrons. The molecule has 0 bridgehead atoms. The predicted octanol–water partition coefficient (Wildman–Crippen LogP) is 3.00. The van der Waals surface area contributed by atoms with Crippen molar-refractivity contribution in [3.63, 3.8) is 0 Å². The Morgan fingerprint density at radius 2 is 1.78 bits per heavy atom. The minimum atomic E-state index is -3.01. The summed E-state index contributed by atoms with van der Waals surface area (Å²) >= 11 is 5.78. The zero-order valence-corrected chi connectivity index (χ0v) is 15.1. The van der Waals surface area contributed by atoms with Crippen LogP contribution in [0.2, 0.25) is 5.02 Å². The number of rotatable bonds is 8. The number of methoxy groups -OCH3 is 1. The molecule has 2 amide bonds. The molecule has 0 atom stereocenters. The molecule has 0 aliphatic carbocycles. The Hall–Kier alpha value is -2.87. The summed E-state index contributed by atoms with van der Waals surface area (Å²) in [6.45, 7) is -2.97. The van der Waals surface area contributed by atoms with Crippen molar-refractivity contribution in [1.29, 1.82) is 0 Å². The van der Waals surface area contributed by atoms with Crippen molar-refractivity contribution in [3.8, 4) is 11.5 Å². The van der Waals surface area contributed by atoms with Crippen molar-refractivity contribution in [2.45, 2.75) is 13.2 Å². The van der Waals surface area contributed by atoms with Crippen LogP contribution >= 0.6 is 11.6 Å². The second kappa shape index (κ2) is 9.72. The van der Waals surface area contributed by atoms with Gasteiger partial charge >= 0.3 is 6.61 Å². The van der Waals surface area contributed by atoms with Crippen LogP contribution in [0.1, 0.15) is 15.9 Å². The van der Waals surface area contributed by atoms with Gasteiger partial charge in [-0.15, -0.1) is 0 Å². The third-order valence-corrected chi connectivity index (χ3v) is 3.71. The molecule has 0 saturated heterocycles. The molecule has 2 N–H and O–H groups in total. The van der Waals surface area contributed by atoms with Crippen LogP contribution in [0.3, 0.4) is 0 Å². The number of ether oxygens (including phenoxy) is 2. The Morgan fingerprint density at radius 3 is 2.41 bits per heavy atom. The maximum atomic E-state index is 12.3. The molecule has 0 spiro atoms. The highest BCUT2D eigenvalue weighted by molar-refractivity contribution is 6.30. The minimum Gasteiger partial charge on any atom is -0.493 e. The lowest BCUT2D eigenvalue weighted by Crippen LogP contribution is -2.36. The second-order valence-corrected chi connectivity index (χ2v) is 5.77. The van der Waals surface area contributed by atoms with E-state index in [1.807, 2.05) is 0 Å². The number of hydrogen-bond donors (Lipinski definition) is 2. The SMILES string of the molecule is COc1cc(C(=O)NCC(=O)NCc2ccc(Cl)cc2)ccc1OC(F)F. The molecule has 0 aliphatic rings. The van der Waals surface area contributed by atoms with Gasteiger partial charge in [-0.05, 0) is 35.9 Å². The van der Waals surface area contributed by atoms with Gasteiger partial charge < -0.3 is 20.1 Å². The molecule has 2 rings (SSSR count). The molecule has 0 saturated carbocycles. The largest absolute Gasteiger partial charge is 0.493 e. The summed E-state index contributed by atoms with van der Waals surface area (Å²) in [4.78, 5) is 23.9. The highest BCUT2D eigenvalue weighted by Gasteiger charge is 2.14. The van der Waals surface area contributed by atoms with Crippen molar-refractivity contribution >= 4 is 23.4 Å². The van der Waals surface area contributed by atoms with Gasteiger partial charge in [0.1, 0.15) is 0 Å². The topological polar surface area (TPSA) is 76.7 Å². The van der Waals surface area contributed by atoms with Crippen LogP contribution in [0.4, 0.5) is 8.78 Å². The van der Waals surface area contributed by atoms with Crippen molar-refractivity contribution in [2.75, 3.05) is 13.7 Å². The van der Waals surface area contributed by atoms with Crippen molar-refractivity contribution in [3.05, 3.63) is 58.6 Å². The summed E-state index contributed by atoms with van der Waals surface area (Å²) in [6, 6.07) is 10.7. The third-order valence-electron chi connectivity index (χ3n) is 3.45. The average molecular weight is 399 g/mol. The van der Waals surface area contributed by atoms with Gasteiger partial charge in [-0.3, -0.25) is 9.59 Å². The van der Waals surface area contributed by atoms with Gasteiger partial charge in [0.25, 0.3) is 5.91 Å². The Kier molecular flexibility index (Phi) is 7.36. The van der Waals surface area contributed by atoms with Crippen LogP contribution in [0.5, 0.6) is 11.5 Å². The average Bonchev–Trinajstić information content (AvgIpc) is 2.65. The van der Waals surface area contributed by atoms with E-state index in [2.05, 4.69) is 15.4 Å². The maximum Gasteiger partial charge on any atom is 0.387 e. The van der Waals surface area contributed by atoms with Crippen molar-refractivity contribution in [2.24, 2.45) is 0 Å². The van der Waals surface area contributed by atoms with E-state index in [-0.39, 0.29) is 29.5 Å². The molecule has 6 nitrogen and oxygen atoms in total. The first-order valence-corrected chi connectivity index (χ1v) is 8.19. The number of halogens is 3. The van der Waals surface area contributed by atoms with E-state index in [0.29, 0.717) is 11.6 Å². The number of hydrogen-bond acceptors (Lipinski definition) is 4. The zero-order chi connectivity index (χ0) is 19.8. The fourth-order valence-electron chi connectivity index (χ4n) is 2.13. The van der Waals surface area contributed by atoms with Crippen LogP contribution in [-0.2, 0) is 11.3 Å². The Balaban J connectivity index is 1.87. The predicted molar refractivity (Wildman–Crippen MR) is 95.3 cm³/mol. The Morgan fingerprint density at radius 1 is 1.07 bits per heavy atom. The third kappa shape index (κ3) is 6.41. The van der Waals surface area contributed by atoms with Gasteiger partial charge in [0.2, 0.25) is 5.91 Å². The fraction of sp³-hybridized carbons (Fsp3) is 0.222. The lowest BCUT2D eigenvalue weighted by molar-refractivity contribution is -0.120. The van der Waals surface area contributed by atoms with E-state index in [1.54, 1.807) is 24.3 Å². The molecule has 0 fully saturated rings. The molecule has 0 aromatic heterocycles. The quantitative estimate of drug-likeness (QED) is 0.716. The smallest absolute Gasteiger partial charge is 0.387 e. The minimum absolute atomic E-state index is 0.0184. The zero-order valence-electron chi connectivity index (χ0n) is 14.3. The summed E-state index contributed by atoms with van der Waals surface area (Å²) in [5.41, 5.74) is 0.998. The number of amides is 2. The van der Waals surface area contributed by atoms with Crippen molar-refractivity contribution < 1.29 is 27.8 Å². The summed E-state index contributed by atoms with van der Waals surface area (Å²) in [5.74, 6) is -1.15. The molecular formula is C18H17ClF2N2O4. The molecule has 0 aliphatic heterocycles. The van der Waals surface area contributed by atoms with Gasteiger partial charge in [0.15, 0.2) is 11.5 Å². The van der Waals surface area contributed by atoms with Crippen LogP contribution in [0.25, 0.3) is 0 Å². The highest BCUT2D eigenvalue weighted by Crippen LogP contribution is 2.29. The molecule has 2 aromatic carbocycles. The van der Waals surface area contributed by atoms with Gasteiger partial charge in [-0.2, -0.15) is 8.78 Å². The first kappa shape index (κ1) is 20.4. The molecular weight excluding hydrogens is 382 g/mol. The van der Waals surface area contributed by atoms with Gasteiger partial charge in [0.05, 0.1) is 13.7 Å². The molecule has 0 radical (unpaired) electrons. The second-order valence-electron chi connectivity index (χ2n) is 5.33. The van der Waals surface area contributed by atoms with Crippen LogP contribution < -0.4 is 20.1 Å². The first-order chi connectivity index (χ1) is 12.9. The first-order valence-electron chi connectivity index (χ1n) is 7.81. The number of carbonyl (C=O) groups excluding carboxylic acids is 2. The number of alkyl halides is 2. The molecule has 2 aromatic rings. The fourth-order valence-corrected chi connectivity index (χ4v) is 2.26. The number of benzene rings is 2. The van der Waals surface area contributed by atoms with E-state index in [1.165, 1.54) is 25.3 Å². The summed E-state index contributed by atoms with van der Waals surface area (Å²) < 4.78 is 33.8. The van der Waals surface area contributed by atoms with Gasteiger partial charge in [0, 0.05) is 17.1 Å². The molecule has 0 unspecified atom stereocenters. The lowest BCUT2D eigenvalue weighted by Gasteiger charge is -2.11. The van der Waals surface area contributed by atoms with E-state index >= 15 is 0 Å². The Bertz CT molecular complexity index is 800. The van der Waals surface area contributed by atoms with Crippen LogP contribution in [0, 0.1) is 0 Å². The number of nitrogens with one attached hydrogen (secondary N) is 2. The van der Waals surface area contributed by atoms with Gasteiger partial charge in [-0.25, -0.2) is 0 Å². The van der Waals surface area contributed by atoms with E-state index in [0.717, 1.165) is 5.56 Å². The maximum absolute atomic E-state index is 12.3. The van der Waals surface area contributed by atoms with E-state index in [4.69, 9.17) is 16.3 Å². The molecule has 0 heterocycles.